The molecule has 4 aromatic rings. The summed E-state index contributed by atoms with van der Waals surface area (Å²) in [6.45, 7) is 1.84. The van der Waals surface area contributed by atoms with E-state index in [2.05, 4.69) is 10.6 Å². The number of benzene rings is 4. The Bertz CT molecular complexity index is 1460. The molecular formula is C28H22ClN3O4S. The smallest absolute Gasteiger partial charge is 0.270 e. The van der Waals surface area contributed by atoms with Crippen molar-refractivity contribution in [3.63, 3.8) is 0 Å². The Morgan fingerprint density at radius 3 is 2.38 bits per heavy atom. The average molecular weight is 532 g/mol. The second-order valence-electron chi connectivity index (χ2n) is 8.10. The van der Waals surface area contributed by atoms with Crippen LogP contribution in [-0.2, 0) is 4.79 Å². The molecule has 4 aromatic carbocycles. The van der Waals surface area contributed by atoms with Gasteiger partial charge >= 0.3 is 0 Å². The zero-order valence-corrected chi connectivity index (χ0v) is 21.3. The summed E-state index contributed by atoms with van der Waals surface area (Å²) in [4.78, 5) is 37.4. The van der Waals surface area contributed by atoms with Crippen LogP contribution in [0.15, 0.2) is 102 Å². The zero-order chi connectivity index (χ0) is 26.4. The van der Waals surface area contributed by atoms with E-state index in [1.165, 1.54) is 36.0 Å². The minimum atomic E-state index is -0.581. The molecule has 0 aromatic heterocycles. The Hall–Kier alpha value is -4.14. The van der Waals surface area contributed by atoms with E-state index in [1.807, 2.05) is 43.3 Å². The summed E-state index contributed by atoms with van der Waals surface area (Å²) in [6, 6.07) is 27.4. The van der Waals surface area contributed by atoms with E-state index in [0.29, 0.717) is 16.4 Å². The average Bonchev–Trinajstić information content (AvgIpc) is 2.90. The van der Waals surface area contributed by atoms with E-state index in [4.69, 9.17) is 11.6 Å². The van der Waals surface area contributed by atoms with Crippen LogP contribution in [0.5, 0.6) is 0 Å². The Morgan fingerprint density at radius 2 is 1.62 bits per heavy atom. The molecule has 37 heavy (non-hydrogen) atoms. The molecule has 0 aliphatic rings. The first-order chi connectivity index (χ1) is 17.8. The Morgan fingerprint density at radius 1 is 0.892 bits per heavy atom. The third-order valence-electron chi connectivity index (χ3n) is 5.53. The van der Waals surface area contributed by atoms with Crippen LogP contribution < -0.4 is 10.6 Å². The second-order valence-corrected chi connectivity index (χ2v) is 9.69. The Balaban J connectivity index is 1.55. The molecule has 2 N–H and O–H groups in total. The number of nitro groups is 1. The highest BCUT2D eigenvalue weighted by Gasteiger charge is 2.23. The number of non-ortho nitro benzene ring substituents is 1. The van der Waals surface area contributed by atoms with Crippen molar-refractivity contribution in [3.05, 3.63) is 129 Å². The van der Waals surface area contributed by atoms with Crippen LogP contribution in [0.1, 0.15) is 26.7 Å². The van der Waals surface area contributed by atoms with Gasteiger partial charge < -0.3 is 10.6 Å². The first-order valence-corrected chi connectivity index (χ1v) is 12.5. The topological polar surface area (TPSA) is 101 Å². The van der Waals surface area contributed by atoms with Crippen molar-refractivity contribution < 1.29 is 14.5 Å². The third kappa shape index (κ3) is 6.55. The first-order valence-electron chi connectivity index (χ1n) is 11.3. The summed E-state index contributed by atoms with van der Waals surface area (Å²) in [5.41, 5.74) is 2.74. The molecule has 0 saturated carbocycles. The molecule has 0 saturated heterocycles. The molecule has 4 rings (SSSR count). The minimum Gasteiger partial charge on any atom is -0.325 e. The molecule has 0 heterocycles. The van der Waals surface area contributed by atoms with Gasteiger partial charge in [-0.15, -0.1) is 11.8 Å². The lowest BCUT2D eigenvalue weighted by Gasteiger charge is -2.19. The molecule has 0 aliphatic heterocycles. The number of rotatable bonds is 8. The summed E-state index contributed by atoms with van der Waals surface area (Å²) in [7, 11) is 0. The molecule has 0 bridgehead atoms. The lowest BCUT2D eigenvalue weighted by Crippen LogP contribution is -2.19. The van der Waals surface area contributed by atoms with Gasteiger partial charge in [0.25, 0.3) is 11.6 Å². The van der Waals surface area contributed by atoms with Gasteiger partial charge in [-0.3, -0.25) is 19.7 Å². The normalized spacial score (nSPS) is 11.4. The zero-order valence-electron chi connectivity index (χ0n) is 19.7. The number of amides is 2. The molecule has 2 amide bonds. The highest BCUT2D eigenvalue weighted by molar-refractivity contribution is 8.00. The standard InChI is InChI=1S/C28H22ClN3O4S/c1-18-24(29)14-7-15-25(18)31-28(34)26(19-8-3-2-4-9-19)37-23-13-6-11-21(17-23)30-27(33)20-10-5-12-22(16-20)32(35)36/h2-17,26H,1H3,(H,30,33)(H,31,34). The number of thioether (sulfide) groups is 1. The monoisotopic (exact) mass is 531 g/mol. The SMILES string of the molecule is Cc1c(Cl)cccc1NC(=O)C(Sc1cccc(NC(=O)c2cccc([N+](=O)[O-])c2)c1)c1ccccc1. The van der Waals surface area contributed by atoms with Crippen molar-refractivity contribution in [1.82, 2.24) is 0 Å². The fourth-order valence-electron chi connectivity index (χ4n) is 3.59. The van der Waals surface area contributed by atoms with Crippen LogP contribution in [0, 0.1) is 17.0 Å². The highest BCUT2D eigenvalue weighted by Crippen LogP contribution is 2.37. The number of carbonyl (C=O) groups excluding carboxylic acids is 2. The van der Waals surface area contributed by atoms with Gasteiger partial charge in [0.15, 0.2) is 0 Å². The molecule has 1 atom stereocenters. The van der Waals surface area contributed by atoms with Crippen LogP contribution in [0.2, 0.25) is 5.02 Å². The van der Waals surface area contributed by atoms with Crippen LogP contribution in [0.25, 0.3) is 0 Å². The highest BCUT2D eigenvalue weighted by atomic mass is 35.5. The fourth-order valence-corrected chi connectivity index (χ4v) is 4.85. The van der Waals surface area contributed by atoms with Crippen molar-refractivity contribution in [2.24, 2.45) is 0 Å². The number of hydrogen-bond acceptors (Lipinski definition) is 5. The maximum atomic E-state index is 13.4. The van der Waals surface area contributed by atoms with Crippen LogP contribution >= 0.6 is 23.4 Å². The van der Waals surface area contributed by atoms with Crippen molar-refractivity contribution in [2.45, 2.75) is 17.1 Å². The van der Waals surface area contributed by atoms with Gasteiger partial charge in [-0.1, -0.05) is 60.1 Å². The summed E-state index contributed by atoms with van der Waals surface area (Å²) in [6.07, 6.45) is 0. The predicted octanol–water partition coefficient (Wildman–Crippen LogP) is 7.28. The number of nitro benzene ring substituents is 1. The molecule has 1 unspecified atom stereocenters. The predicted molar refractivity (Wildman–Crippen MR) is 147 cm³/mol. The molecule has 7 nitrogen and oxygen atoms in total. The summed E-state index contributed by atoms with van der Waals surface area (Å²) < 4.78 is 0. The third-order valence-corrected chi connectivity index (χ3v) is 7.19. The molecule has 0 fully saturated rings. The van der Waals surface area contributed by atoms with Crippen molar-refractivity contribution in [1.29, 1.82) is 0 Å². The molecular weight excluding hydrogens is 510 g/mol. The van der Waals surface area contributed by atoms with Crippen molar-refractivity contribution in [3.8, 4) is 0 Å². The van der Waals surface area contributed by atoms with Crippen LogP contribution in [-0.4, -0.2) is 16.7 Å². The number of nitrogens with one attached hydrogen (secondary N) is 2. The van der Waals surface area contributed by atoms with Gasteiger partial charge in [0.2, 0.25) is 5.91 Å². The summed E-state index contributed by atoms with van der Waals surface area (Å²) in [5.74, 6) is -0.688. The number of carbonyl (C=O) groups is 2. The van der Waals surface area contributed by atoms with Crippen LogP contribution in [0.3, 0.4) is 0 Å². The van der Waals surface area contributed by atoms with Gasteiger partial charge in [0.05, 0.1) is 4.92 Å². The maximum absolute atomic E-state index is 13.4. The summed E-state index contributed by atoms with van der Waals surface area (Å²) >= 11 is 7.56. The van der Waals surface area contributed by atoms with Crippen molar-refractivity contribution in [2.75, 3.05) is 10.6 Å². The number of anilines is 2. The molecule has 0 aliphatic carbocycles. The van der Waals surface area contributed by atoms with Crippen LogP contribution in [0.4, 0.5) is 17.1 Å². The van der Waals surface area contributed by atoms with E-state index in [-0.39, 0.29) is 17.2 Å². The Labute approximate surface area is 223 Å². The largest absolute Gasteiger partial charge is 0.325 e. The van der Waals surface area contributed by atoms with E-state index < -0.39 is 16.1 Å². The van der Waals surface area contributed by atoms with E-state index in [1.54, 1.807) is 36.4 Å². The molecule has 0 spiro atoms. The van der Waals surface area contributed by atoms with Gasteiger partial charge in [-0.2, -0.15) is 0 Å². The number of halogens is 1. The van der Waals surface area contributed by atoms with Gasteiger partial charge in [0.1, 0.15) is 5.25 Å². The fraction of sp³-hybridized carbons (Fsp3) is 0.0714. The van der Waals surface area contributed by atoms with Gasteiger partial charge in [-0.05, 0) is 54.4 Å². The quantitative estimate of drug-likeness (QED) is 0.141. The van der Waals surface area contributed by atoms with E-state index >= 15 is 0 Å². The number of hydrogen-bond donors (Lipinski definition) is 2. The molecule has 9 heteroatoms. The lowest BCUT2D eigenvalue weighted by molar-refractivity contribution is -0.384. The van der Waals surface area contributed by atoms with Crippen molar-refractivity contribution >= 4 is 52.2 Å². The van der Waals surface area contributed by atoms with E-state index in [0.717, 1.165) is 16.0 Å². The summed E-state index contributed by atoms with van der Waals surface area (Å²) in [5, 5.41) is 16.8. The molecule has 0 radical (unpaired) electrons. The van der Waals surface area contributed by atoms with Gasteiger partial charge in [-0.25, -0.2) is 0 Å². The maximum Gasteiger partial charge on any atom is 0.270 e. The van der Waals surface area contributed by atoms with E-state index in [9.17, 15) is 19.7 Å². The minimum absolute atomic E-state index is 0.163. The second kappa shape index (κ2) is 11.7. The number of nitrogens with zero attached hydrogens (tertiary/aromatic N) is 1. The Kier molecular flexibility index (Phi) is 8.22. The first kappa shape index (κ1) is 25.9. The molecule has 186 valence electrons. The lowest BCUT2D eigenvalue weighted by atomic mass is 10.1. The van der Waals surface area contributed by atoms with Gasteiger partial charge in [0, 0.05) is 39.0 Å².